The molecule has 0 spiro atoms. The van der Waals surface area contributed by atoms with Gasteiger partial charge in [0.2, 0.25) is 0 Å². The van der Waals surface area contributed by atoms with E-state index in [-0.39, 0.29) is 6.04 Å². The number of nitrogens with one attached hydrogen (secondary N) is 1. The molecule has 0 radical (unpaired) electrons. The Bertz CT molecular complexity index is 391. The maximum absolute atomic E-state index is 5.92. The first-order valence-corrected chi connectivity index (χ1v) is 7.33. The molecular weight excluding hydrogens is 292 g/mol. The Kier molecular flexibility index (Phi) is 5.03. The fourth-order valence-corrected chi connectivity index (χ4v) is 3.10. The summed E-state index contributed by atoms with van der Waals surface area (Å²) < 4.78 is 6.37. The van der Waals surface area contributed by atoms with Crippen molar-refractivity contribution in [2.75, 3.05) is 13.7 Å². The molecular formula is C14H21BrN2O. The minimum atomic E-state index is 0.192. The van der Waals surface area contributed by atoms with Gasteiger partial charge in [-0.2, -0.15) is 0 Å². The lowest BCUT2D eigenvalue weighted by Gasteiger charge is -2.23. The molecule has 18 heavy (non-hydrogen) atoms. The van der Waals surface area contributed by atoms with E-state index in [2.05, 4.69) is 27.3 Å². The Morgan fingerprint density at radius 1 is 1.44 bits per heavy atom. The van der Waals surface area contributed by atoms with Crippen LogP contribution in [0, 0.1) is 0 Å². The van der Waals surface area contributed by atoms with Crippen molar-refractivity contribution in [3.63, 3.8) is 0 Å². The molecule has 1 unspecified atom stereocenters. The van der Waals surface area contributed by atoms with Crippen LogP contribution in [0.1, 0.15) is 37.3 Å². The second kappa shape index (κ2) is 6.55. The molecule has 1 aliphatic carbocycles. The largest absolute Gasteiger partial charge is 0.497 e. The maximum Gasteiger partial charge on any atom is 0.119 e. The first-order valence-electron chi connectivity index (χ1n) is 6.54. The molecule has 3 nitrogen and oxygen atoms in total. The number of hydrogen-bond acceptors (Lipinski definition) is 3. The van der Waals surface area contributed by atoms with E-state index in [9.17, 15) is 0 Å². The SMILES string of the molecule is COc1ccc(Br)c(C(CN)NC2CCCC2)c1. The number of halogens is 1. The zero-order valence-electron chi connectivity index (χ0n) is 10.8. The topological polar surface area (TPSA) is 47.3 Å². The second-order valence-electron chi connectivity index (χ2n) is 4.82. The third-order valence-corrected chi connectivity index (χ3v) is 4.33. The minimum Gasteiger partial charge on any atom is -0.497 e. The van der Waals surface area contributed by atoms with Gasteiger partial charge in [-0.25, -0.2) is 0 Å². The standard InChI is InChI=1S/C14H21BrN2O/c1-18-11-6-7-13(15)12(8-11)14(9-16)17-10-4-2-3-5-10/h6-8,10,14,17H,2-5,9,16H2,1H3. The number of benzene rings is 1. The number of rotatable bonds is 5. The van der Waals surface area contributed by atoms with Crippen LogP contribution in [-0.2, 0) is 0 Å². The van der Waals surface area contributed by atoms with Crippen LogP contribution in [-0.4, -0.2) is 19.7 Å². The molecule has 1 aromatic carbocycles. The van der Waals surface area contributed by atoms with Gasteiger partial charge in [0.1, 0.15) is 5.75 Å². The molecule has 0 aromatic heterocycles. The fourth-order valence-electron chi connectivity index (χ4n) is 2.58. The van der Waals surface area contributed by atoms with Crippen LogP contribution in [0.5, 0.6) is 5.75 Å². The zero-order chi connectivity index (χ0) is 13.0. The van der Waals surface area contributed by atoms with E-state index in [0.29, 0.717) is 12.6 Å². The highest BCUT2D eigenvalue weighted by atomic mass is 79.9. The summed E-state index contributed by atoms with van der Waals surface area (Å²) in [5.74, 6) is 0.875. The molecule has 1 atom stereocenters. The first kappa shape index (κ1) is 13.8. The average Bonchev–Trinajstić information content (AvgIpc) is 2.90. The lowest BCUT2D eigenvalue weighted by atomic mass is 10.0. The highest BCUT2D eigenvalue weighted by molar-refractivity contribution is 9.10. The molecule has 4 heteroatoms. The van der Waals surface area contributed by atoms with E-state index in [1.165, 1.54) is 31.2 Å². The van der Waals surface area contributed by atoms with Gasteiger partial charge < -0.3 is 15.8 Å². The lowest BCUT2D eigenvalue weighted by molar-refractivity contribution is 0.409. The Morgan fingerprint density at radius 2 is 2.17 bits per heavy atom. The van der Waals surface area contributed by atoms with Crippen LogP contribution in [0.3, 0.4) is 0 Å². The summed E-state index contributed by atoms with van der Waals surface area (Å²) >= 11 is 3.60. The van der Waals surface area contributed by atoms with Gasteiger partial charge in [0, 0.05) is 23.1 Å². The molecule has 1 aliphatic rings. The lowest BCUT2D eigenvalue weighted by Crippen LogP contribution is -2.35. The molecule has 2 rings (SSSR count). The second-order valence-corrected chi connectivity index (χ2v) is 5.68. The average molecular weight is 313 g/mol. The molecule has 0 amide bonds. The van der Waals surface area contributed by atoms with Crippen molar-refractivity contribution >= 4 is 15.9 Å². The van der Waals surface area contributed by atoms with E-state index < -0.39 is 0 Å². The third kappa shape index (κ3) is 3.25. The van der Waals surface area contributed by atoms with Crippen molar-refractivity contribution in [2.45, 2.75) is 37.8 Å². The van der Waals surface area contributed by atoms with Crippen molar-refractivity contribution in [1.29, 1.82) is 0 Å². The highest BCUT2D eigenvalue weighted by Crippen LogP contribution is 2.29. The number of hydrogen-bond donors (Lipinski definition) is 2. The first-order chi connectivity index (χ1) is 8.74. The number of nitrogens with two attached hydrogens (primary N) is 1. The molecule has 0 saturated heterocycles. The van der Waals surface area contributed by atoms with Crippen LogP contribution in [0.15, 0.2) is 22.7 Å². The van der Waals surface area contributed by atoms with Gasteiger partial charge in [0.15, 0.2) is 0 Å². The minimum absolute atomic E-state index is 0.192. The van der Waals surface area contributed by atoms with Crippen LogP contribution in [0.4, 0.5) is 0 Å². The van der Waals surface area contributed by atoms with Gasteiger partial charge in [-0.1, -0.05) is 28.8 Å². The molecule has 1 fully saturated rings. The van der Waals surface area contributed by atoms with Gasteiger partial charge in [0.25, 0.3) is 0 Å². The molecule has 0 aliphatic heterocycles. The monoisotopic (exact) mass is 312 g/mol. The van der Waals surface area contributed by atoms with E-state index in [1.54, 1.807) is 7.11 Å². The summed E-state index contributed by atoms with van der Waals surface area (Å²) in [6.45, 7) is 0.599. The summed E-state index contributed by atoms with van der Waals surface area (Å²) in [6.07, 6.45) is 5.18. The van der Waals surface area contributed by atoms with Crippen molar-refractivity contribution in [1.82, 2.24) is 5.32 Å². The van der Waals surface area contributed by atoms with E-state index in [0.717, 1.165) is 10.2 Å². The fraction of sp³-hybridized carbons (Fsp3) is 0.571. The van der Waals surface area contributed by atoms with Crippen molar-refractivity contribution in [2.24, 2.45) is 5.73 Å². The van der Waals surface area contributed by atoms with Crippen molar-refractivity contribution < 1.29 is 4.74 Å². The Labute approximate surface area is 117 Å². The zero-order valence-corrected chi connectivity index (χ0v) is 12.4. The quantitative estimate of drug-likeness (QED) is 0.878. The van der Waals surface area contributed by atoms with Crippen LogP contribution in [0.2, 0.25) is 0 Å². The van der Waals surface area contributed by atoms with Crippen LogP contribution < -0.4 is 15.8 Å². The highest BCUT2D eigenvalue weighted by Gasteiger charge is 2.21. The van der Waals surface area contributed by atoms with Gasteiger partial charge >= 0.3 is 0 Å². The molecule has 100 valence electrons. The van der Waals surface area contributed by atoms with E-state index in [4.69, 9.17) is 10.5 Å². The maximum atomic E-state index is 5.92. The molecule has 3 N–H and O–H groups in total. The van der Waals surface area contributed by atoms with Crippen molar-refractivity contribution in [3.8, 4) is 5.75 Å². The Morgan fingerprint density at radius 3 is 2.78 bits per heavy atom. The van der Waals surface area contributed by atoms with E-state index in [1.807, 2.05) is 12.1 Å². The smallest absolute Gasteiger partial charge is 0.119 e. The van der Waals surface area contributed by atoms with Crippen LogP contribution in [0.25, 0.3) is 0 Å². The number of ether oxygens (including phenoxy) is 1. The molecule has 1 saturated carbocycles. The third-order valence-electron chi connectivity index (χ3n) is 3.61. The summed E-state index contributed by atoms with van der Waals surface area (Å²) in [7, 11) is 1.69. The van der Waals surface area contributed by atoms with Gasteiger partial charge in [-0.15, -0.1) is 0 Å². The van der Waals surface area contributed by atoms with Gasteiger partial charge in [-0.3, -0.25) is 0 Å². The van der Waals surface area contributed by atoms with Gasteiger partial charge in [0.05, 0.1) is 7.11 Å². The summed E-state index contributed by atoms with van der Waals surface area (Å²) in [5, 5.41) is 3.66. The normalized spacial score (nSPS) is 17.9. The Balaban J connectivity index is 2.14. The van der Waals surface area contributed by atoms with Gasteiger partial charge in [-0.05, 0) is 36.6 Å². The summed E-state index contributed by atoms with van der Waals surface area (Å²) in [4.78, 5) is 0. The predicted octanol–water partition coefficient (Wildman–Crippen LogP) is 2.99. The predicted molar refractivity (Wildman–Crippen MR) is 77.9 cm³/mol. The number of methoxy groups -OCH3 is 1. The molecule has 0 bridgehead atoms. The van der Waals surface area contributed by atoms with Crippen molar-refractivity contribution in [3.05, 3.63) is 28.2 Å². The Hall–Kier alpha value is -0.580. The molecule has 1 aromatic rings. The van der Waals surface area contributed by atoms with Crippen LogP contribution >= 0.6 is 15.9 Å². The molecule has 0 heterocycles. The summed E-state index contributed by atoms with van der Waals surface area (Å²) in [6, 6.07) is 6.84. The summed E-state index contributed by atoms with van der Waals surface area (Å²) in [5.41, 5.74) is 7.10. The van der Waals surface area contributed by atoms with E-state index >= 15 is 0 Å².